The number of nitrogens with one attached hydrogen (secondary N) is 2. The number of hydrogen-bond acceptors (Lipinski definition) is 6. The van der Waals surface area contributed by atoms with Crippen LogP contribution in [0.5, 0.6) is 5.75 Å². The van der Waals surface area contributed by atoms with E-state index >= 15 is 0 Å². The van der Waals surface area contributed by atoms with E-state index in [0.717, 1.165) is 65.2 Å². The SMILES string of the molecule is Cc1ccc(NC(=O)N2CC(N3c4ccccc4CCc4ccccc43)[C@@H](O)[C@H](NS(=O)(=O)c3ccc(OC(F)(F)F)cc3)C2)cc1. The molecule has 4 aromatic carbocycles. The maximum Gasteiger partial charge on any atom is 0.573 e. The molecule has 2 aliphatic heterocycles. The summed E-state index contributed by atoms with van der Waals surface area (Å²) in [5.41, 5.74) is 5.31. The number of benzene rings is 4. The Hall–Kier alpha value is -4.59. The van der Waals surface area contributed by atoms with Crippen LogP contribution in [-0.2, 0) is 22.9 Å². The molecular weight excluding hydrogens is 633 g/mol. The standard InChI is InChI=1S/C34H33F3N4O5S/c1-22-10-14-25(15-11-22)38-33(43)40-20-28(39-47(44,45)27-18-16-26(17-19-27)46-34(35,36)37)32(42)31(21-40)41-29-8-4-2-6-23(29)12-13-24-7-3-5-9-30(24)41/h2-11,14-19,28,31-32,39,42H,12-13,20-21H2,1H3,(H,38,43)/t28-,31?,32+/m1/s1. The van der Waals surface area contributed by atoms with E-state index in [-0.39, 0.29) is 18.0 Å². The summed E-state index contributed by atoms with van der Waals surface area (Å²) in [5, 5.41) is 14.8. The minimum atomic E-state index is -4.94. The smallest absolute Gasteiger partial charge is 0.406 e. The molecule has 0 radical (unpaired) electrons. The maximum absolute atomic E-state index is 13.7. The van der Waals surface area contributed by atoms with Crippen molar-refractivity contribution in [1.29, 1.82) is 0 Å². The number of urea groups is 1. The zero-order chi connectivity index (χ0) is 33.3. The Kier molecular flexibility index (Phi) is 8.88. The quantitative estimate of drug-likeness (QED) is 0.242. The number of carbonyl (C=O) groups excluding carboxylic acids is 1. The number of hydrogen-bond donors (Lipinski definition) is 3. The first-order valence-electron chi connectivity index (χ1n) is 15.0. The summed E-state index contributed by atoms with van der Waals surface area (Å²) in [5.74, 6) is -0.577. The van der Waals surface area contributed by atoms with Gasteiger partial charge in [0.1, 0.15) is 5.75 Å². The molecule has 0 aliphatic carbocycles. The van der Waals surface area contributed by atoms with Gasteiger partial charge in [-0.25, -0.2) is 17.9 Å². The molecule has 2 amide bonds. The molecule has 0 aromatic heterocycles. The van der Waals surface area contributed by atoms with Crippen molar-refractivity contribution in [2.24, 2.45) is 0 Å². The Bertz CT molecular complexity index is 1810. The third-order valence-corrected chi connectivity index (χ3v) is 9.90. The highest BCUT2D eigenvalue weighted by Crippen LogP contribution is 2.39. The van der Waals surface area contributed by atoms with E-state index in [1.165, 1.54) is 4.90 Å². The first-order valence-corrected chi connectivity index (χ1v) is 16.5. The average molecular weight is 667 g/mol. The van der Waals surface area contributed by atoms with E-state index in [1.807, 2.05) is 72.5 Å². The lowest BCUT2D eigenvalue weighted by Crippen LogP contribution is -2.66. The molecule has 13 heteroatoms. The lowest BCUT2D eigenvalue weighted by atomic mass is 9.94. The van der Waals surface area contributed by atoms with Crippen LogP contribution >= 0.6 is 0 Å². The molecule has 0 bridgehead atoms. The van der Waals surface area contributed by atoms with Crippen LogP contribution in [0.15, 0.2) is 102 Å². The molecule has 47 heavy (non-hydrogen) atoms. The Labute approximate surface area is 270 Å². The number of rotatable bonds is 6. The predicted octanol–water partition coefficient (Wildman–Crippen LogP) is 5.75. The number of aryl methyl sites for hydroxylation is 3. The van der Waals surface area contributed by atoms with E-state index in [1.54, 1.807) is 12.1 Å². The summed E-state index contributed by atoms with van der Waals surface area (Å²) in [7, 11) is -4.37. The second kappa shape index (κ2) is 12.9. The predicted molar refractivity (Wildman–Crippen MR) is 171 cm³/mol. The van der Waals surface area contributed by atoms with E-state index in [9.17, 15) is 31.5 Å². The molecule has 2 heterocycles. The highest BCUT2D eigenvalue weighted by molar-refractivity contribution is 7.89. The van der Waals surface area contributed by atoms with Gasteiger partial charge in [0.05, 0.1) is 23.1 Å². The average Bonchev–Trinajstić information content (AvgIpc) is 3.19. The van der Waals surface area contributed by atoms with Crippen LogP contribution < -0.4 is 19.7 Å². The first-order chi connectivity index (χ1) is 22.4. The molecule has 6 rings (SSSR count). The number of aliphatic hydroxyl groups excluding tert-OH is 1. The van der Waals surface area contributed by atoms with Gasteiger partial charge in [-0.15, -0.1) is 13.2 Å². The second-order valence-corrected chi connectivity index (χ2v) is 13.3. The fourth-order valence-electron chi connectivity index (χ4n) is 6.13. The molecule has 0 saturated carbocycles. The summed E-state index contributed by atoms with van der Waals surface area (Å²) in [6.07, 6.45) is -4.75. The second-order valence-electron chi connectivity index (χ2n) is 11.6. The van der Waals surface area contributed by atoms with Gasteiger partial charge in [0, 0.05) is 30.2 Å². The van der Waals surface area contributed by atoms with Gasteiger partial charge >= 0.3 is 12.4 Å². The Balaban J connectivity index is 1.36. The van der Waals surface area contributed by atoms with E-state index in [4.69, 9.17) is 0 Å². The van der Waals surface area contributed by atoms with Crippen LogP contribution in [0.25, 0.3) is 0 Å². The van der Waals surface area contributed by atoms with Crippen molar-refractivity contribution in [2.45, 2.75) is 49.2 Å². The minimum Gasteiger partial charge on any atom is -0.406 e. The number of amides is 2. The number of alkyl halides is 3. The van der Waals surface area contributed by atoms with Crippen LogP contribution in [0.3, 0.4) is 0 Å². The molecule has 1 fully saturated rings. The number of likely N-dealkylation sites (tertiary alicyclic amines) is 1. The van der Waals surface area contributed by atoms with Crippen molar-refractivity contribution in [3.05, 3.63) is 114 Å². The number of para-hydroxylation sites is 2. The van der Waals surface area contributed by atoms with Crippen LogP contribution in [-0.4, -0.2) is 62.1 Å². The van der Waals surface area contributed by atoms with E-state index < -0.39 is 46.4 Å². The first kappa shape index (κ1) is 32.4. The van der Waals surface area contributed by atoms with Gasteiger partial charge in [-0.2, -0.15) is 0 Å². The molecule has 0 spiro atoms. The van der Waals surface area contributed by atoms with Gasteiger partial charge in [0.2, 0.25) is 10.0 Å². The summed E-state index contributed by atoms with van der Waals surface area (Å²) >= 11 is 0. The van der Waals surface area contributed by atoms with E-state index in [0.29, 0.717) is 5.69 Å². The third kappa shape index (κ3) is 7.22. The number of nitrogens with zero attached hydrogens (tertiary/aromatic N) is 2. The fraction of sp³-hybridized carbons (Fsp3) is 0.265. The van der Waals surface area contributed by atoms with Crippen LogP contribution in [0.2, 0.25) is 0 Å². The van der Waals surface area contributed by atoms with Gasteiger partial charge in [-0.1, -0.05) is 54.1 Å². The zero-order valence-corrected chi connectivity index (χ0v) is 26.1. The molecule has 3 atom stereocenters. The fourth-order valence-corrected chi connectivity index (χ4v) is 7.37. The topological polar surface area (TPSA) is 111 Å². The van der Waals surface area contributed by atoms with Crippen molar-refractivity contribution >= 4 is 33.1 Å². The Morgan fingerprint density at radius 3 is 2.00 bits per heavy atom. The number of anilines is 3. The summed E-state index contributed by atoms with van der Waals surface area (Å²) in [4.78, 5) is 16.8. The number of halogens is 3. The van der Waals surface area contributed by atoms with Crippen LogP contribution in [0, 0.1) is 6.92 Å². The monoisotopic (exact) mass is 666 g/mol. The molecule has 3 N–H and O–H groups in total. The highest BCUT2D eigenvalue weighted by atomic mass is 32.2. The molecule has 1 saturated heterocycles. The molecule has 1 unspecified atom stereocenters. The Morgan fingerprint density at radius 2 is 1.43 bits per heavy atom. The molecule has 4 aromatic rings. The number of aliphatic hydroxyl groups is 1. The molecule has 9 nitrogen and oxygen atoms in total. The van der Waals surface area contributed by atoms with Gasteiger partial charge < -0.3 is 25.0 Å². The zero-order valence-electron chi connectivity index (χ0n) is 25.3. The van der Waals surface area contributed by atoms with Crippen molar-refractivity contribution in [3.63, 3.8) is 0 Å². The van der Waals surface area contributed by atoms with Gasteiger partial charge in [-0.3, -0.25) is 0 Å². The third-order valence-electron chi connectivity index (χ3n) is 8.39. The number of carbonyl (C=O) groups is 1. The van der Waals surface area contributed by atoms with Gasteiger partial charge in [0.25, 0.3) is 0 Å². The number of sulfonamides is 1. The largest absolute Gasteiger partial charge is 0.573 e. The van der Waals surface area contributed by atoms with Gasteiger partial charge in [-0.05, 0) is 79.4 Å². The van der Waals surface area contributed by atoms with Crippen molar-refractivity contribution < 1.29 is 36.2 Å². The summed E-state index contributed by atoms with van der Waals surface area (Å²) in [6.45, 7) is 1.80. The summed E-state index contributed by atoms with van der Waals surface area (Å²) in [6, 6.07) is 24.1. The number of ether oxygens (including phenoxy) is 1. The normalized spacial score (nSPS) is 19.7. The lowest BCUT2D eigenvalue weighted by molar-refractivity contribution is -0.274. The minimum absolute atomic E-state index is 0.0588. The molecular formula is C34H33F3N4O5S. The van der Waals surface area contributed by atoms with Crippen molar-refractivity contribution in [1.82, 2.24) is 9.62 Å². The highest BCUT2D eigenvalue weighted by Gasteiger charge is 2.44. The van der Waals surface area contributed by atoms with Crippen molar-refractivity contribution in [2.75, 3.05) is 23.3 Å². The summed E-state index contributed by atoms with van der Waals surface area (Å²) < 4.78 is 71.5. The van der Waals surface area contributed by atoms with Crippen LogP contribution in [0.4, 0.5) is 35.0 Å². The molecule has 2 aliphatic rings. The molecule has 246 valence electrons. The Morgan fingerprint density at radius 1 is 0.851 bits per heavy atom. The number of piperidine rings is 1. The van der Waals surface area contributed by atoms with Gasteiger partial charge in [0.15, 0.2) is 0 Å². The van der Waals surface area contributed by atoms with E-state index in [2.05, 4.69) is 14.8 Å². The number of fused-ring (bicyclic) bond motifs is 2. The maximum atomic E-state index is 13.7. The lowest BCUT2D eigenvalue weighted by Gasteiger charge is -2.47. The van der Waals surface area contributed by atoms with Crippen molar-refractivity contribution in [3.8, 4) is 5.75 Å². The van der Waals surface area contributed by atoms with Crippen LogP contribution in [0.1, 0.15) is 16.7 Å².